The lowest BCUT2D eigenvalue weighted by molar-refractivity contribution is -0.132. The van der Waals surface area contributed by atoms with Crippen LogP contribution in [0.5, 0.6) is 0 Å². The van der Waals surface area contributed by atoms with Crippen molar-refractivity contribution in [3.05, 3.63) is 69.9 Å². The van der Waals surface area contributed by atoms with Crippen molar-refractivity contribution in [1.82, 2.24) is 15.1 Å². The van der Waals surface area contributed by atoms with Gasteiger partial charge in [-0.05, 0) is 29.2 Å². The number of fused-ring (bicyclic) bond motifs is 1. The van der Waals surface area contributed by atoms with Crippen molar-refractivity contribution < 1.29 is 13.8 Å². The molecule has 1 amide bonds. The molecule has 1 saturated heterocycles. The van der Waals surface area contributed by atoms with Gasteiger partial charge in [-0.1, -0.05) is 45.0 Å². The van der Waals surface area contributed by atoms with E-state index in [0.29, 0.717) is 37.0 Å². The van der Waals surface area contributed by atoms with Crippen LogP contribution in [0.3, 0.4) is 0 Å². The first-order chi connectivity index (χ1) is 15.6. The average Bonchev–Trinajstić information content (AvgIpc) is 2.76. The maximum absolute atomic E-state index is 14.8. The van der Waals surface area contributed by atoms with Gasteiger partial charge in [0.15, 0.2) is 0 Å². The third-order valence-electron chi connectivity index (χ3n) is 6.09. The average molecular weight is 469 g/mol. The van der Waals surface area contributed by atoms with Crippen molar-refractivity contribution in [2.75, 3.05) is 25.4 Å². The molecule has 33 heavy (non-hydrogen) atoms. The first-order valence-electron chi connectivity index (χ1n) is 11.2. The molecule has 2 aromatic carbocycles. The standard InChI is InChI=1S/C25H29FN3O3P/c1-25(2,3)16-23(30)29-10-12-33(32,13-11-29)22-15-17(8-9-20(22)26)14-21-18-6-4-5-7-19(18)24(31)28-27-21/h4-9,15H,10-14,16H2,1-3H3,(H,28,31). The van der Waals surface area contributed by atoms with Gasteiger partial charge in [0, 0.05) is 48.9 Å². The predicted octanol–water partition coefficient (Wildman–Crippen LogP) is 3.92. The summed E-state index contributed by atoms with van der Waals surface area (Å²) in [5.74, 6) is -0.421. The fraction of sp³-hybridized carbons (Fsp3) is 0.400. The third kappa shape index (κ3) is 5.09. The molecule has 8 heteroatoms. The first-order valence-corrected chi connectivity index (χ1v) is 13.2. The van der Waals surface area contributed by atoms with Crippen LogP contribution in [-0.2, 0) is 15.8 Å². The fourth-order valence-corrected chi connectivity index (χ4v) is 7.02. The maximum Gasteiger partial charge on any atom is 0.272 e. The van der Waals surface area contributed by atoms with E-state index in [2.05, 4.69) is 10.2 Å². The summed E-state index contributed by atoms with van der Waals surface area (Å²) in [5, 5.41) is 8.25. The van der Waals surface area contributed by atoms with E-state index in [-0.39, 0.29) is 34.5 Å². The first kappa shape index (κ1) is 23.4. The van der Waals surface area contributed by atoms with Gasteiger partial charge in [-0.3, -0.25) is 9.59 Å². The molecule has 174 valence electrons. The molecule has 1 aliphatic rings. The minimum absolute atomic E-state index is 0.0546. The third-order valence-corrected chi connectivity index (χ3v) is 9.16. The van der Waals surface area contributed by atoms with Crippen molar-refractivity contribution >= 4 is 29.1 Å². The highest BCUT2D eigenvalue weighted by atomic mass is 31.2. The summed E-state index contributed by atoms with van der Waals surface area (Å²) in [4.78, 5) is 26.3. The summed E-state index contributed by atoms with van der Waals surface area (Å²) >= 11 is 0. The number of H-pyrrole nitrogens is 1. The van der Waals surface area contributed by atoms with E-state index in [1.165, 1.54) is 6.07 Å². The molecule has 6 nitrogen and oxygen atoms in total. The molecule has 0 saturated carbocycles. The Balaban J connectivity index is 1.56. The molecular formula is C25H29FN3O3P. The molecule has 0 radical (unpaired) electrons. The van der Waals surface area contributed by atoms with E-state index < -0.39 is 13.0 Å². The Morgan fingerprint density at radius 1 is 1.12 bits per heavy atom. The number of carbonyl (C=O) groups excluding carboxylic acids is 1. The van der Waals surface area contributed by atoms with Gasteiger partial charge in [0.2, 0.25) is 5.91 Å². The van der Waals surface area contributed by atoms with E-state index in [0.717, 1.165) is 10.9 Å². The van der Waals surface area contributed by atoms with Crippen LogP contribution in [0.1, 0.15) is 38.4 Å². The molecule has 1 N–H and O–H groups in total. The Kier molecular flexibility index (Phi) is 6.28. The van der Waals surface area contributed by atoms with Gasteiger partial charge in [-0.2, -0.15) is 5.10 Å². The molecule has 0 atom stereocenters. The SMILES string of the molecule is CC(C)(C)CC(=O)N1CCP(=O)(c2cc(Cc3n[nH]c(=O)c4ccccc34)ccc2F)CC1. The smallest absolute Gasteiger partial charge is 0.272 e. The van der Waals surface area contributed by atoms with E-state index >= 15 is 0 Å². The number of hydrogen-bond donors (Lipinski definition) is 1. The number of amides is 1. The number of aromatic nitrogens is 2. The van der Waals surface area contributed by atoms with Gasteiger partial charge < -0.3 is 9.46 Å². The summed E-state index contributed by atoms with van der Waals surface area (Å²) in [5.41, 5.74) is 1.08. The monoisotopic (exact) mass is 469 g/mol. The van der Waals surface area contributed by atoms with Crippen LogP contribution in [0.15, 0.2) is 47.3 Å². The topological polar surface area (TPSA) is 83.1 Å². The molecule has 1 fully saturated rings. The number of carbonyl (C=O) groups is 1. The molecule has 1 aliphatic heterocycles. The second-order valence-corrected chi connectivity index (χ2v) is 13.1. The molecule has 0 unspecified atom stereocenters. The fourth-order valence-electron chi connectivity index (χ4n) is 4.32. The zero-order valence-corrected chi connectivity index (χ0v) is 20.1. The Morgan fingerprint density at radius 3 is 2.45 bits per heavy atom. The Morgan fingerprint density at radius 2 is 1.79 bits per heavy atom. The molecule has 0 aliphatic carbocycles. The van der Waals surface area contributed by atoms with Crippen LogP contribution in [-0.4, -0.2) is 46.4 Å². The molecule has 1 aromatic heterocycles. The van der Waals surface area contributed by atoms with Crippen LogP contribution in [0.25, 0.3) is 10.8 Å². The molecule has 0 bridgehead atoms. The van der Waals surface area contributed by atoms with E-state index in [9.17, 15) is 18.5 Å². The van der Waals surface area contributed by atoms with E-state index in [1.54, 1.807) is 29.2 Å². The number of nitrogens with zero attached hydrogens (tertiary/aromatic N) is 2. The van der Waals surface area contributed by atoms with E-state index in [4.69, 9.17) is 0 Å². The zero-order valence-electron chi connectivity index (χ0n) is 19.2. The predicted molar refractivity (Wildman–Crippen MR) is 129 cm³/mol. The van der Waals surface area contributed by atoms with Gasteiger partial charge in [-0.15, -0.1) is 0 Å². The van der Waals surface area contributed by atoms with Crippen molar-refractivity contribution in [2.24, 2.45) is 5.41 Å². The van der Waals surface area contributed by atoms with Gasteiger partial charge >= 0.3 is 0 Å². The normalized spacial score (nSPS) is 16.2. The second kappa shape index (κ2) is 8.86. The van der Waals surface area contributed by atoms with Crippen LogP contribution in [0.4, 0.5) is 4.39 Å². The molecule has 0 spiro atoms. The maximum atomic E-state index is 14.8. The number of benzene rings is 2. The molecule has 2 heterocycles. The van der Waals surface area contributed by atoms with Crippen LogP contribution in [0, 0.1) is 11.2 Å². The van der Waals surface area contributed by atoms with Crippen molar-refractivity contribution in [2.45, 2.75) is 33.6 Å². The highest BCUT2D eigenvalue weighted by Crippen LogP contribution is 2.47. The lowest BCUT2D eigenvalue weighted by atomic mass is 9.91. The highest BCUT2D eigenvalue weighted by molar-refractivity contribution is 7.71. The Hall–Kier alpha value is -2.79. The highest BCUT2D eigenvalue weighted by Gasteiger charge is 2.35. The number of nitrogens with one attached hydrogen (secondary N) is 1. The van der Waals surface area contributed by atoms with Crippen molar-refractivity contribution in [1.29, 1.82) is 0 Å². The summed E-state index contributed by atoms with van der Waals surface area (Å²) in [6.07, 6.45) is 1.37. The molecule has 3 aromatic rings. The lowest BCUT2D eigenvalue weighted by Gasteiger charge is -2.34. The second-order valence-electron chi connectivity index (χ2n) is 9.96. The van der Waals surface area contributed by atoms with Crippen molar-refractivity contribution in [3.63, 3.8) is 0 Å². The number of rotatable bonds is 4. The Bertz CT molecular complexity index is 1300. The summed E-state index contributed by atoms with van der Waals surface area (Å²) in [6.45, 7) is 6.80. The van der Waals surface area contributed by atoms with Gasteiger partial charge in [0.1, 0.15) is 13.0 Å². The lowest BCUT2D eigenvalue weighted by Crippen LogP contribution is -2.42. The number of halogens is 1. The van der Waals surface area contributed by atoms with Gasteiger partial charge in [0.05, 0.1) is 11.1 Å². The van der Waals surface area contributed by atoms with Crippen LogP contribution >= 0.6 is 7.14 Å². The largest absolute Gasteiger partial charge is 0.342 e. The summed E-state index contributed by atoms with van der Waals surface area (Å²) in [6, 6.07) is 11.9. The Labute approximate surface area is 192 Å². The zero-order chi connectivity index (χ0) is 23.8. The van der Waals surface area contributed by atoms with Gasteiger partial charge in [0.25, 0.3) is 5.56 Å². The molecule has 4 rings (SSSR count). The van der Waals surface area contributed by atoms with Gasteiger partial charge in [-0.25, -0.2) is 9.49 Å². The number of hydrogen-bond acceptors (Lipinski definition) is 4. The quantitative estimate of drug-likeness (QED) is 0.587. The minimum atomic E-state index is -2.97. The van der Waals surface area contributed by atoms with Crippen LogP contribution in [0.2, 0.25) is 0 Å². The van der Waals surface area contributed by atoms with Crippen molar-refractivity contribution in [3.8, 4) is 0 Å². The van der Waals surface area contributed by atoms with E-state index in [1.807, 2.05) is 32.9 Å². The summed E-state index contributed by atoms with van der Waals surface area (Å²) in [7, 11) is -2.97. The number of aromatic amines is 1. The summed E-state index contributed by atoms with van der Waals surface area (Å²) < 4.78 is 28.5. The van der Waals surface area contributed by atoms with Crippen LogP contribution < -0.4 is 10.9 Å². The minimum Gasteiger partial charge on any atom is -0.342 e. The molecular weight excluding hydrogens is 440 g/mol.